The molecule has 0 saturated carbocycles. The molecule has 1 amide bonds. The zero-order valence-corrected chi connectivity index (χ0v) is 21.9. The number of rotatable bonds is 7. The van der Waals surface area contributed by atoms with Crippen LogP contribution in [0.15, 0.2) is 38.9 Å². The highest BCUT2D eigenvalue weighted by atomic mass is 16.5. The largest absolute Gasteiger partial charge is 0.381 e. The van der Waals surface area contributed by atoms with Crippen LogP contribution in [0.25, 0.3) is 0 Å². The summed E-state index contributed by atoms with van der Waals surface area (Å²) in [4.78, 5) is 31.6. The molecule has 8 nitrogen and oxygen atoms in total. The van der Waals surface area contributed by atoms with Gasteiger partial charge in [-0.25, -0.2) is 0 Å². The predicted octanol–water partition coefficient (Wildman–Crippen LogP) is 3.02. The summed E-state index contributed by atoms with van der Waals surface area (Å²) in [7, 11) is 1.94. The molecule has 2 aliphatic heterocycles. The number of aromatic nitrogens is 1. The lowest BCUT2D eigenvalue weighted by atomic mass is 9.69. The molecule has 0 aromatic carbocycles. The molecule has 0 radical (unpaired) electrons. The summed E-state index contributed by atoms with van der Waals surface area (Å²) in [6.45, 7) is 13.0. The molecular formula is C27H39N5O3. The number of H-pyrrole nitrogens is 1. The van der Waals surface area contributed by atoms with Gasteiger partial charge in [-0.2, -0.15) is 5.10 Å². The molecule has 1 fully saturated rings. The Bertz CT molecular complexity index is 1130. The second-order valence-corrected chi connectivity index (χ2v) is 9.98. The maximum Gasteiger partial charge on any atom is 0.253 e. The molecule has 35 heavy (non-hydrogen) atoms. The van der Waals surface area contributed by atoms with Gasteiger partial charge in [0.15, 0.2) is 0 Å². The van der Waals surface area contributed by atoms with Crippen molar-refractivity contribution in [2.24, 2.45) is 11.0 Å². The van der Waals surface area contributed by atoms with E-state index >= 15 is 0 Å². The van der Waals surface area contributed by atoms with E-state index in [0.717, 1.165) is 61.5 Å². The third-order valence-corrected chi connectivity index (χ3v) is 8.00. The highest BCUT2D eigenvalue weighted by Crippen LogP contribution is 2.47. The third kappa shape index (κ3) is 4.49. The van der Waals surface area contributed by atoms with E-state index in [0.29, 0.717) is 17.2 Å². The topological polar surface area (TPSA) is 90.0 Å². The molecule has 1 saturated heterocycles. The Labute approximate surface area is 208 Å². The van der Waals surface area contributed by atoms with E-state index in [2.05, 4.69) is 41.1 Å². The number of nitrogens with one attached hydrogen (secondary N) is 2. The Kier molecular flexibility index (Phi) is 7.33. The first kappa shape index (κ1) is 25.4. The minimum atomic E-state index is -0.381. The van der Waals surface area contributed by atoms with E-state index in [9.17, 15) is 9.59 Å². The summed E-state index contributed by atoms with van der Waals surface area (Å²) in [5.41, 5.74) is 4.58. The summed E-state index contributed by atoms with van der Waals surface area (Å²) >= 11 is 0. The van der Waals surface area contributed by atoms with E-state index in [4.69, 9.17) is 4.74 Å². The van der Waals surface area contributed by atoms with Gasteiger partial charge >= 0.3 is 0 Å². The van der Waals surface area contributed by atoms with Gasteiger partial charge in [0.25, 0.3) is 11.5 Å². The summed E-state index contributed by atoms with van der Waals surface area (Å²) in [6, 6.07) is 2.32. The van der Waals surface area contributed by atoms with Crippen LogP contribution < -0.4 is 10.9 Å². The lowest BCUT2D eigenvalue weighted by molar-refractivity contribution is -0.117. The van der Waals surface area contributed by atoms with Gasteiger partial charge in [0.1, 0.15) is 0 Å². The van der Waals surface area contributed by atoms with Gasteiger partial charge in [0.2, 0.25) is 0 Å². The number of ether oxygens (including phenoxy) is 1. The Morgan fingerprint density at radius 2 is 2.03 bits per heavy atom. The molecule has 3 aliphatic rings. The molecule has 2 atom stereocenters. The minimum absolute atomic E-state index is 0.0731. The lowest BCUT2D eigenvalue weighted by Crippen LogP contribution is -2.60. The van der Waals surface area contributed by atoms with Crippen LogP contribution in [0.4, 0.5) is 0 Å². The third-order valence-electron chi connectivity index (χ3n) is 8.00. The predicted molar refractivity (Wildman–Crippen MR) is 138 cm³/mol. The van der Waals surface area contributed by atoms with E-state index in [1.54, 1.807) is 0 Å². The van der Waals surface area contributed by atoms with Crippen molar-refractivity contribution in [3.05, 3.63) is 56.2 Å². The highest BCUT2D eigenvalue weighted by molar-refractivity contribution is 5.98. The Morgan fingerprint density at radius 1 is 1.31 bits per heavy atom. The van der Waals surface area contributed by atoms with Crippen molar-refractivity contribution in [3.8, 4) is 0 Å². The monoisotopic (exact) mass is 481 g/mol. The summed E-state index contributed by atoms with van der Waals surface area (Å²) in [5, 5.41) is 9.54. The molecule has 1 aromatic heterocycles. The van der Waals surface area contributed by atoms with Crippen LogP contribution in [-0.2, 0) is 16.1 Å². The molecule has 190 valence electrons. The van der Waals surface area contributed by atoms with E-state index < -0.39 is 0 Å². The lowest BCUT2D eigenvalue weighted by Gasteiger charge is -2.52. The summed E-state index contributed by atoms with van der Waals surface area (Å²) < 4.78 is 5.65. The fraction of sp³-hybridized carbons (Fsp3) is 0.593. The molecule has 1 aliphatic carbocycles. The SMILES string of the molecule is CCC1=C(C(=O)NCc2c(C)cc(C)[nH]c2=O)C=C2C(C=NN2C)C1(C)N(CC)C1CCOCC1. The number of likely N-dealkylation sites (N-methyl/N-ethyl adjacent to an activating group) is 1. The number of pyridine rings is 1. The molecule has 3 heterocycles. The van der Waals surface area contributed by atoms with Crippen LogP contribution in [0.3, 0.4) is 0 Å². The standard InChI is InChI=1S/C27H39N5O3/c1-7-22-20(25(33)28-15-21-17(3)13-18(4)30-26(21)34)14-24-23(16-29-31(24)6)27(22,5)32(8-2)19-9-11-35-12-10-19/h13-14,16,19,23H,7-12,15H2,1-6H3,(H,28,33)(H,30,34). The number of hydrogen-bond acceptors (Lipinski definition) is 6. The summed E-state index contributed by atoms with van der Waals surface area (Å²) in [6.07, 6.45) is 6.75. The van der Waals surface area contributed by atoms with Crippen LogP contribution in [0, 0.1) is 19.8 Å². The van der Waals surface area contributed by atoms with E-state index in [-0.39, 0.29) is 29.5 Å². The Morgan fingerprint density at radius 3 is 2.66 bits per heavy atom. The molecule has 8 heteroatoms. The number of nitrogens with zero attached hydrogens (tertiary/aromatic N) is 3. The van der Waals surface area contributed by atoms with Gasteiger partial charge < -0.3 is 15.0 Å². The molecule has 1 aromatic rings. The number of amides is 1. The number of aryl methyl sites for hydroxylation is 2. The number of hydrogen-bond donors (Lipinski definition) is 2. The van der Waals surface area contributed by atoms with Crippen molar-refractivity contribution in [3.63, 3.8) is 0 Å². The highest BCUT2D eigenvalue weighted by Gasteiger charge is 2.51. The molecule has 2 unspecified atom stereocenters. The summed E-state index contributed by atoms with van der Waals surface area (Å²) in [5.74, 6) is -0.0780. The van der Waals surface area contributed by atoms with Crippen molar-refractivity contribution < 1.29 is 9.53 Å². The van der Waals surface area contributed by atoms with Crippen LogP contribution in [0.5, 0.6) is 0 Å². The second kappa shape index (κ2) is 10.1. The number of aromatic amines is 1. The van der Waals surface area contributed by atoms with Gasteiger partial charge in [-0.1, -0.05) is 13.8 Å². The Balaban J connectivity index is 1.72. The molecule has 4 rings (SSSR count). The smallest absolute Gasteiger partial charge is 0.253 e. The van der Waals surface area contributed by atoms with E-state index in [1.165, 1.54) is 0 Å². The first-order valence-corrected chi connectivity index (χ1v) is 12.8. The van der Waals surface area contributed by atoms with Crippen LogP contribution in [0.1, 0.15) is 56.9 Å². The maximum atomic E-state index is 13.7. The quantitative estimate of drug-likeness (QED) is 0.625. The van der Waals surface area contributed by atoms with Crippen molar-refractivity contribution in [1.29, 1.82) is 0 Å². The molecule has 0 bridgehead atoms. The maximum absolute atomic E-state index is 13.7. The van der Waals surface area contributed by atoms with E-state index in [1.807, 2.05) is 44.3 Å². The van der Waals surface area contributed by atoms with Crippen molar-refractivity contribution in [2.45, 2.75) is 72.0 Å². The minimum Gasteiger partial charge on any atom is -0.381 e. The molecular weight excluding hydrogens is 442 g/mol. The average Bonchev–Trinajstić information content (AvgIpc) is 3.20. The van der Waals surface area contributed by atoms with Crippen LogP contribution in [-0.4, -0.2) is 65.4 Å². The van der Waals surface area contributed by atoms with Crippen molar-refractivity contribution in [1.82, 2.24) is 20.2 Å². The van der Waals surface area contributed by atoms with Gasteiger partial charge in [0.05, 0.1) is 11.5 Å². The van der Waals surface area contributed by atoms with Gasteiger partial charge in [-0.15, -0.1) is 0 Å². The average molecular weight is 482 g/mol. The number of fused-ring (bicyclic) bond motifs is 1. The second-order valence-electron chi connectivity index (χ2n) is 9.98. The first-order valence-electron chi connectivity index (χ1n) is 12.8. The van der Waals surface area contributed by atoms with Crippen molar-refractivity contribution >= 4 is 12.1 Å². The fourth-order valence-corrected chi connectivity index (χ4v) is 6.25. The normalized spacial score (nSPS) is 24.7. The zero-order chi connectivity index (χ0) is 25.3. The van der Waals surface area contributed by atoms with Gasteiger partial charge in [-0.05, 0) is 69.9 Å². The van der Waals surface area contributed by atoms with Crippen LogP contribution in [0.2, 0.25) is 0 Å². The zero-order valence-electron chi connectivity index (χ0n) is 21.9. The van der Waals surface area contributed by atoms with Gasteiger partial charge in [-0.3, -0.25) is 19.5 Å². The fourth-order valence-electron chi connectivity index (χ4n) is 6.25. The van der Waals surface area contributed by atoms with Crippen LogP contribution >= 0.6 is 0 Å². The van der Waals surface area contributed by atoms with Crippen molar-refractivity contribution in [2.75, 3.05) is 26.8 Å². The van der Waals surface area contributed by atoms with Gasteiger partial charge in [0, 0.05) is 61.6 Å². The number of carbonyl (C=O) groups excluding carboxylic acids is 1. The Hall–Kier alpha value is -2.71. The molecule has 0 spiro atoms. The number of carbonyl (C=O) groups is 1. The number of hydrazone groups is 1. The first-order chi connectivity index (χ1) is 16.7. The molecule has 2 N–H and O–H groups in total.